The fraction of sp³-hybridized carbons (Fsp3) is 0.286. The summed E-state index contributed by atoms with van der Waals surface area (Å²) in [6.45, 7) is 12.0. The van der Waals surface area contributed by atoms with Crippen molar-refractivity contribution in [3.63, 3.8) is 0 Å². The van der Waals surface area contributed by atoms with Crippen molar-refractivity contribution in [1.29, 1.82) is 0 Å². The Balaban J connectivity index is 2.18. The summed E-state index contributed by atoms with van der Waals surface area (Å²) in [5, 5.41) is 3.11. The molecule has 0 aliphatic heterocycles. The molecule has 3 heteroatoms. The molecule has 0 bridgehead atoms. The van der Waals surface area contributed by atoms with E-state index in [1.165, 1.54) is 5.56 Å². The first kappa shape index (κ1) is 17.8. The lowest BCUT2D eigenvalue weighted by Gasteiger charge is -2.30. The number of aryl methyl sites for hydroxylation is 1. The van der Waals surface area contributed by atoms with Crippen molar-refractivity contribution in [3.8, 4) is 0 Å². The molecule has 0 saturated carbocycles. The van der Waals surface area contributed by atoms with Crippen LogP contribution in [0.5, 0.6) is 0 Å². The molecule has 126 valence electrons. The standard InChI is InChI=1S/C21H26N2O/c1-15(2)17-8-7-9-18(14-17)21(4,5)22-20(24)23(6)19-12-10-16(3)11-13-19/h7-14H,1H2,2-6H3,(H,22,24). The molecule has 3 nitrogen and oxygen atoms in total. The highest BCUT2D eigenvalue weighted by Gasteiger charge is 2.25. The lowest BCUT2D eigenvalue weighted by molar-refractivity contribution is 0.237. The highest BCUT2D eigenvalue weighted by atomic mass is 16.2. The first-order valence-electron chi connectivity index (χ1n) is 8.09. The van der Waals surface area contributed by atoms with Gasteiger partial charge < -0.3 is 5.32 Å². The van der Waals surface area contributed by atoms with Crippen molar-refractivity contribution in [1.82, 2.24) is 5.32 Å². The average molecular weight is 322 g/mol. The maximum atomic E-state index is 12.6. The number of rotatable bonds is 4. The van der Waals surface area contributed by atoms with Crippen LogP contribution < -0.4 is 10.2 Å². The number of amides is 2. The molecule has 0 atom stereocenters. The molecule has 0 aliphatic carbocycles. The van der Waals surface area contributed by atoms with Gasteiger partial charge in [-0.2, -0.15) is 0 Å². The highest BCUT2D eigenvalue weighted by molar-refractivity contribution is 5.92. The fourth-order valence-corrected chi connectivity index (χ4v) is 2.48. The SMILES string of the molecule is C=C(C)c1cccc(C(C)(C)NC(=O)N(C)c2ccc(C)cc2)c1. The van der Waals surface area contributed by atoms with Gasteiger partial charge in [-0.1, -0.05) is 48.0 Å². The van der Waals surface area contributed by atoms with E-state index < -0.39 is 5.54 Å². The van der Waals surface area contributed by atoms with E-state index in [0.717, 1.165) is 22.4 Å². The quantitative estimate of drug-likeness (QED) is 0.833. The first-order valence-corrected chi connectivity index (χ1v) is 8.09. The van der Waals surface area contributed by atoms with E-state index in [2.05, 4.69) is 18.0 Å². The van der Waals surface area contributed by atoms with Gasteiger partial charge in [-0.05, 0) is 57.0 Å². The second-order valence-corrected chi connectivity index (χ2v) is 6.81. The molecular formula is C21H26N2O. The number of nitrogens with zero attached hydrogens (tertiary/aromatic N) is 1. The van der Waals surface area contributed by atoms with Gasteiger partial charge in [-0.15, -0.1) is 0 Å². The van der Waals surface area contributed by atoms with Gasteiger partial charge in [0.25, 0.3) is 0 Å². The Morgan fingerprint density at radius 1 is 1.12 bits per heavy atom. The van der Waals surface area contributed by atoms with Crippen LogP contribution in [-0.2, 0) is 5.54 Å². The number of benzene rings is 2. The Labute approximate surface area is 145 Å². The number of allylic oxidation sites excluding steroid dienone is 1. The van der Waals surface area contributed by atoms with Crippen LogP contribution in [0.4, 0.5) is 10.5 Å². The van der Waals surface area contributed by atoms with Crippen molar-refractivity contribution in [2.45, 2.75) is 33.2 Å². The third kappa shape index (κ3) is 4.05. The maximum absolute atomic E-state index is 12.6. The summed E-state index contributed by atoms with van der Waals surface area (Å²) in [7, 11) is 1.78. The van der Waals surface area contributed by atoms with E-state index in [4.69, 9.17) is 0 Å². The molecule has 0 saturated heterocycles. The second kappa shape index (κ2) is 6.91. The number of anilines is 1. The highest BCUT2D eigenvalue weighted by Crippen LogP contribution is 2.24. The lowest BCUT2D eigenvalue weighted by atomic mass is 9.92. The Hall–Kier alpha value is -2.55. The third-order valence-electron chi connectivity index (χ3n) is 4.22. The van der Waals surface area contributed by atoms with Gasteiger partial charge in [0.1, 0.15) is 0 Å². The van der Waals surface area contributed by atoms with Crippen LogP contribution in [-0.4, -0.2) is 13.1 Å². The van der Waals surface area contributed by atoms with Crippen LogP contribution in [0.2, 0.25) is 0 Å². The van der Waals surface area contributed by atoms with Gasteiger partial charge in [0.2, 0.25) is 0 Å². The Bertz CT molecular complexity index is 745. The molecule has 0 aliphatic rings. The van der Waals surface area contributed by atoms with E-state index in [9.17, 15) is 4.79 Å². The number of carbonyl (C=O) groups is 1. The van der Waals surface area contributed by atoms with Crippen molar-refractivity contribution in [3.05, 3.63) is 71.8 Å². The number of urea groups is 1. The Morgan fingerprint density at radius 3 is 2.33 bits per heavy atom. The molecule has 0 unspecified atom stereocenters. The van der Waals surface area contributed by atoms with E-state index in [1.807, 2.05) is 70.2 Å². The van der Waals surface area contributed by atoms with Crippen molar-refractivity contribution >= 4 is 17.3 Å². The van der Waals surface area contributed by atoms with Crippen LogP contribution in [0, 0.1) is 6.92 Å². The second-order valence-electron chi connectivity index (χ2n) is 6.81. The average Bonchev–Trinajstić information content (AvgIpc) is 2.54. The van der Waals surface area contributed by atoms with Gasteiger partial charge in [0, 0.05) is 12.7 Å². The minimum absolute atomic E-state index is 0.135. The maximum Gasteiger partial charge on any atom is 0.322 e. The zero-order chi connectivity index (χ0) is 17.9. The molecular weight excluding hydrogens is 296 g/mol. The van der Waals surface area contributed by atoms with Crippen LogP contribution in [0.15, 0.2) is 55.1 Å². The molecule has 2 aromatic rings. The fourth-order valence-electron chi connectivity index (χ4n) is 2.48. The summed E-state index contributed by atoms with van der Waals surface area (Å²) in [4.78, 5) is 14.3. The minimum atomic E-state index is -0.485. The molecule has 0 heterocycles. The van der Waals surface area contributed by atoms with Gasteiger partial charge in [-0.3, -0.25) is 4.90 Å². The predicted octanol–water partition coefficient (Wildman–Crippen LogP) is 5.11. The molecule has 2 aromatic carbocycles. The molecule has 0 radical (unpaired) electrons. The molecule has 0 aromatic heterocycles. The van der Waals surface area contributed by atoms with E-state index in [0.29, 0.717) is 0 Å². The van der Waals surface area contributed by atoms with Gasteiger partial charge in [0.05, 0.1) is 5.54 Å². The molecule has 0 spiro atoms. The summed E-state index contributed by atoms with van der Waals surface area (Å²) >= 11 is 0. The zero-order valence-corrected chi connectivity index (χ0v) is 15.2. The summed E-state index contributed by atoms with van der Waals surface area (Å²) in [5.41, 5.74) is 4.70. The Kier molecular flexibility index (Phi) is 5.13. The summed E-state index contributed by atoms with van der Waals surface area (Å²) in [5.74, 6) is 0. The van der Waals surface area contributed by atoms with Crippen LogP contribution in [0.3, 0.4) is 0 Å². The van der Waals surface area contributed by atoms with Gasteiger partial charge in [-0.25, -0.2) is 4.79 Å². The van der Waals surface area contributed by atoms with Crippen LogP contribution >= 0.6 is 0 Å². The van der Waals surface area contributed by atoms with Crippen LogP contribution in [0.25, 0.3) is 5.57 Å². The number of carbonyl (C=O) groups excluding carboxylic acids is 1. The number of nitrogens with one attached hydrogen (secondary N) is 1. The van der Waals surface area contributed by atoms with Crippen molar-refractivity contribution < 1.29 is 4.79 Å². The molecule has 0 fully saturated rings. The smallest absolute Gasteiger partial charge is 0.322 e. The summed E-state index contributed by atoms with van der Waals surface area (Å²) in [6, 6.07) is 15.9. The monoisotopic (exact) mass is 322 g/mol. The molecule has 2 amide bonds. The van der Waals surface area contributed by atoms with Crippen molar-refractivity contribution in [2.75, 3.05) is 11.9 Å². The Morgan fingerprint density at radius 2 is 1.75 bits per heavy atom. The zero-order valence-electron chi connectivity index (χ0n) is 15.2. The predicted molar refractivity (Wildman–Crippen MR) is 102 cm³/mol. The third-order valence-corrected chi connectivity index (χ3v) is 4.22. The summed E-state index contributed by atoms with van der Waals surface area (Å²) in [6.07, 6.45) is 0. The molecule has 24 heavy (non-hydrogen) atoms. The van der Waals surface area contributed by atoms with Gasteiger partial charge >= 0.3 is 6.03 Å². The van der Waals surface area contributed by atoms with Crippen LogP contribution in [0.1, 0.15) is 37.5 Å². The lowest BCUT2D eigenvalue weighted by Crippen LogP contribution is -2.47. The normalized spacial score (nSPS) is 11.0. The molecule has 2 rings (SSSR count). The topological polar surface area (TPSA) is 32.3 Å². The van der Waals surface area contributed by atoms with E-state index in [-0.39, 0.29) is 6.03 Å². The number of hydrogen-bond donors (Lipinski definition) is 1. The summed E-state index contributed by atoms with van der Waals surface area (Å²) < 4.78 is 0. The molecule has 1 N–H and O–H groups in total. The minimum Gasteiger partial charge on any atom is -0.329 e. The van der Waals surface area contributed by atoms with E-state index in [1.54, 1.807) is 11.9 Å². The number of hydrogen-bond acceptors (Lipinski definition) is 1. The van der Waals surface area contributed by atoms with Gasteiger partial charge in [0.15, 0.2) is 0 Å². The first-order chi connectivity index (χ1) is 11.2. The van der Waals surface area contributed by atoms with E-state index >= 15 is 0 Å². The van der Waals surface area contributed by atoms with Crippen molar-refractivity contribution in [2.24, 2.45) is 0 Å². The largest absolute Gasteiger partial charge is 0.329 e.